The highest BCUT2D eigenvalue weighted by atomic mass is 32.2. The second-order valence-electron chi connectivity index (χ2n) is 7.37. The second-order valence-corrected chi connectivity index (χ2v) is 9.04. The Morgan fingerprint density at radius 2 is 1.79 bits per heavy atom. The van der Waals surface area contributed by atoms with Gasteiger partial charge in [0.2, 0.25) is 0 Å². The summed E-state index contributed by atoms with van der Waals surface area (Å²) in [6.07, 6.45) is -0.531. The molecule has 1 heterocycles. The zero-order valence-corrected chi connectivity index (χ0v) is 16.7. The lowest BCUT2D eigenvalue weighted by atomic mass is 10.1. The number of carboxylic acid groups (broad SMARTS) is 1. The number of aliphatic carboxylic acids is 1. The molecule has 0 spiro atoms. The first-order valence-electron chi connectivity index (χ1n) is 9.18. The van der Waals surface area contributed by atoms with E-state index in [1.54, 1.807) is 38.1 Å². The highest BCUT2D eigenvalue weighted by Gasteiger charge is 2.63. The largest absolute Gasteiger partial charge is 0.480 e. The molecule has 1 saturated heterocycles. The fraction of sp³-hybridized carbons (Fsp3) is 0.556. The SMILES string of the molecule is CC(C)OC(=O)N1CCN(S(=O)(=O)N[C@@]2(C(=O)O)C[C@@H]2c2ccccc2)CC1. The third-order valence-electron chi connectivity index (χ3n) is 5.03. The maximum absolute atomic E-state index is 12.8. The van der Waals surface area contributed by atoms with E-state index < -0.39 is 33.7 Å². The van der Waals surface area contributed by atoms with E-state index in [-0.39, 0.29) is 38.7 Å². The molecule has 1 aliphatic heterocycles. The number of hydrogen-bond donors (Lipinski definition) is 2. The van der Waals surface area contributed by atoms with E-state index in [1.165, 1.54) is 9.21 Å². The van der Waals surface area contributed by atoms with Crippen LogP contribution in [0.25, 0.3) is 0 Å². The van der Waals surface area contributed by atoms with Gasteiger partial charge in [-0.25, -0.2) is 4.79 Å². The molecule has 1 aromatic carbocycles. The molecule has 9 nitrogen and oxygen atoms in total. The summed E-state index contributed by atoms with van der Waals surface area (Å²) in [4.78, 5) is 25.2. The summed E-state index contributed by atoms with van der Waals surface area (Å²) >= 11 is 0. The van der Waals surface area contributed by atoms with Gasteiger partial charge in [-0.15, -0.1) is 0 Å². The summed E-state index contributed by atoms with van der Waals surface area (Å²) in [5.41, 5.74) is -0.748. The van der Waals surface area contributed by atoms with E-state index in [4.69, 9.17) is 4.74 Å². The van der Waals surface area contributed by atoms with Crippen LogP contribution >= 0.6 is 0 Å². The van der Waals surface area contributed by atoms with Crippen molar-refractivity contribution in [3.8, 4) is 0 Å². The van der Waals surface area contributed by atoms with Crippen molar-refractivity contribution in [2.45, 2.75) is 37.8 Å². The Kier molecular flexibility index (Phi) is 5.64. The van der Waals surface area contributed by atoms with Gasteiger partial charge in [-0.2, -0.15) is 17.4 Å². The maximum Gasteiger partial charge on any atom is 0.410 e. The van der Waals surface area contributed by atoms with Crippen LogP contribution in [0.3, 0.4) is 0 Å². The van der Waals surface area contributed by atoms with Crippen molar-refractivity contribution in [3.63, 3.8) is 0 Å². The molecule has 1 aromatic rings. The quantitative estimate of drug-likeness (QED) is 0.721. The number of rotatable bonds is 6. The molecule has 0 radical (unpaired) electrons. The molecule has 28 heavy (non-hydrogen) atoms. The average Bonchev–Trinajstić information content (AvgIpc) is 3.37. The van der Waals surface area contributed by atoms with E-state index in [0.717, 1.165) is 5.56 Å². The molecule has 10 heteroatoms. The topological polar surface area (TPSA) is 116 Å². The Hall–Kier alpha value is -2.17. The molecule has 1 saturated carbocycles. The molecule has 1 amide bonds. The van der Waals surface area contributed by atoms with E-state index in [9.17, 15) is 23.1 Å². The van der Waals surface area contributed by atoms with Crippen molar-refractivity contribution >= 4 is 22.3 Å². The van der Waals surface area contributed by atoms with Crippen molar-refractivity contribution in [1.29, 1.82) is 0 Å². The van der Waals surface area contributed by atoms with Gasteiger partial charge in [0.15, 0.2) is 0 Å². The van der Waals surface area contributed by atoms with Crippen molar-refractivity contribution < 1.29 is 27.9 Å². The summed E-state index contributed by atoms with van der Waals surface area (Å²) in [5, 5.41) is 9.68. The van der Waals surface area contributed by atoms with Crippen molar-refractivity contribution in [1.82, 2.24) is 13.9 Å². The van der Waals surface area contributed by atoms with Gasteiger partial charge < -0.3 is 14.7 Å². The third kappa shape index (κ3) is 4.13. The van der Waals surface area contributed by atoms with E-state index >= 15 is 0 Å². The number of nitrogens with zero attached hydrogens (tertiary/aromatic N) is 2. The van der Waals surface area contributed by atoms with Crippen LogP contribution in [0.15, 0.2) is 30.3 Å². The van der Waals surface area contributed by atoms with Crippen LogP contribution < -0.4 is 4.72 Å². The molecule has 0 aromatic heterocycles. The first kappa shape index (κ1) is 20.6. The maximum atomic E-state index is 12.8. The highest BCUT2D eigenvalue weighted by Crippen LogP contribution is 2.52. The van der Waals surface area contributed by atoms with Gasteiger partial charge in [0.25, 0.3) is 10.2 Å². The molecule has 0 bridgehead atoms. The van der Waals surface area contributed by atoms with Crippen molar-refractivity contribution in [2.24, 2.45) is 0 Å². The Morgan fingerprint density at radius 1 is 1.18 bits per heavy atom. The van der Waals surface area contributed by atoms with Gasteiger partial charge in [-0.05, 0) is 25.8 Å². The van der Waals surface area contributed by atoms with Gasteiger partial charge in [0, 0.05) is 32.1 Å². The predicted molar refractivity (Wildman–Crippen MR) is 101 cm³/mol. The Bertz CT molecular complexity index is 836. The van der Waals surface area contributed by atoms with Crippen LogP contribution in [0, 0.1) is 0 Å². The van der Waals surface area contributed by atoms with Crippen LogP contribution in [0.1, 0.15) is 31.7 Å². The van der Waals surface area contributed by atoms with Crippen LogP contribution in [0.4, 0.5) is 4.79 Å². The fourth-order valence-corrected chi connectivity index (χ4v) is 4.97. The Labute approximate surface area is 164 Å². The van der Waals surface area contributed by atoms with E-state index in [0.29, 0.717) is 0 Å². The number of amides is 1. The average molecular weight is 411 g/mol. The standard InChI is InChI=1S/C18H25N3O6S/c1-13(2)27-17(24)20-8-10-21(11-9-20)28(25,26)19-18(16(22)23)12-15(18)14-6-4-3-5-7-14/h3-7,13,15,19H,8-12H2,1-2H3,(H,22,23)/t15-,18+/m1/s1. The number of benzene rings is 1. The number of carbonyl (C=O) groups is 2. The third-order valence-corrected chi connectivity index (χ3v) is 6.70. The molecule has 2 N–H and O–H groups in total. The fourth-order valence-electron chi connectivity index (χ4n) is 3.43. The summed E-state index contributed by atoms with van der Waals surface area (Å²) < 4.78 is 34.3. The summed E-state index contributed by atoms with van der Waals surface area (Å²) in [6.45, 7) is 4.02. The zero-order valence-electron chi connectivity index (χ0n) is 15.9. The van der Waals surface area contributed by atoms with Crippen LogP contribution in [-0.2, 0) is 19.7 Å². The lowest BCUT2D eigenvalue weighted by molar-refractivity contribution is -0.140. The lowest BCUT2D eigenvalue weighted by Gasteiger charge is -2.34. The Balaban J connectivity index is 1.65. The number of nitrogens with one attached hydrogen (secondary N) is 1. The molecule has 3 rings (SSSR count). The van der Waals surface area contributed by atoms with Gasteiger partial charge in [0.05, 0.1) is 6.10 Å². The van der Waals surface area contributed by atoms with Gasteiger partial charge >= 0.3 is 12.1 Å². The minimum Gasteiger partial charge on any atom is -0.480 e. The molecule has 2 aliphatic rings. The summed E-state index contributed by atoms with van der Waals surface area (Å²) in [6, 6.07) is 9.00. The van der Waals surface area contributed by atoms with Crippen LogP contribution in [0.2, 0.25) is 0 Å². The van der Waals surface area contributed by atoms with Crippen molar-refractivity contribution in [2.75, 3.05) is 26.2 Å². The molecular formula is C18H25N3O6S. The molecule has 154 valence electrons. The monoisotopic (exact) mass is 411 g/mol. The lowest BCUT2D eigenvalue weighted by Crippen LogP contribution is -2.57. The minimum absolute atomic E-state index is 0.0776. The minimum atomic E-state index is -4.01. The first-order chi connectivity index (χ1) is 13.2. The van der Waals surface area contributed by atoms with E-state index in [2.05, 4.69) is 4.72 Å². The van der Waals surface area contributed by atoms with Gasteiger partial charge in [0.1, 0.15) is 5.54 Å². The van der Waals surface area contributed by atoms with Gasteiger partial charge in [-0.3, -0.25) is 4.79 Å². The molecule has 2 atom stereocenters. The predicted octanol–water partition coefficient (Wildman–Crippen LogP) is 0.994. The number of piperazine rings is 1. The number of carboxylic acids is 1. The summed E-state index contributed by atoms with van der Waals surface area (Å²) in [5.74, 6) is -1.60. The van der Waals surface area contributed by atoms with Crippen LogP contribution in [-0.4, -0.2) is 72.6 Å². The number of hydrogen-bond acceptors (Lipinski definition) is 5. The normalized spacial score (nSPS) is 25.5. The summed E-state index contributed by atoms with van der Waals surface area (Å²) in [7, 11) is -4.01. The Morgan fingerprint density at radius 3 is 2.32 bits per heavy atom. The van der Waals surface area contributed by atoms with Crippen molar-refractivity contribution in [3.05, 3.63) is 35.9 Å². The van der Waals surface area contributed by atoms with Crippen LogP contribution in [0.5, 0.6) is 0 Å². The highest BCUT2D eigenvalue weighted by molar-refractivity contribution is 7.87. The van der Waals surface area contributed by atoms with E-state index in [1.807, 2.05) is 6.07 Å². The number of ether oxygens (including phenoxy) is 1. The second kappa shape index (κ2) is 7.69. The number of carbonyl (C=O) groups excluding carboxylic acids is 1. The molecule has 0 unspecified atom stereocenters. The first-order valence-corrected chi connectivity index (χ1v) is 10.6. The molecular weight excluding hydrogens is 386 g/mol. The zero-order chi connectivity index (χ0) is 20.5. The van der Waals surface area contributed by atoms with Gasteiger partial charge in [-0.1, -0.05) is 30.3 Å². The molecule has 2 fully saturated rings. The molecule has 1 aliphatic carbocycles. The smallest absolute Gasteiger partial charge is 0.410 e.